The Kier molecular flexibility index (Phi) is 5.33. The van der Waals surface area contributed by atoms with Gasteiger partial charge in [-0.05, 0) is 37.5 Å². The summed E-state index contributed by atoms with van der Waals surface area (Å²) in [5.74, 6) is 1.35. The highest BCUT2D eigenvalue weighted by Crippen LogP contribution is 2.38. The van der Waals surface area contributed by atoms with Crippen molar-refractivity contribution in [2.24, 2.45) is 5.41 Å². The molecule has 0 spiro atoms. The SMILES string of the molecule is CCC1CN(CC2(CNC3CC3)CCCCC2)CCS1. The Morgan fingerprint density at radius 2 is 2.00 bits per heavy atom. The van der Waals surface area contributed by atoms with Crippen molar-refractivity contribution >= 4 is 11.8 Å². The molecule has 3 rings (SSSR count). The summed E-state index contributed by atoms with van der Waals surface area (Å²) in [5, 5.41) is 4.74. The second kappa shape index (κ2) is 7.02. The quantitative estimate of drug-likeness (QED) is 0.807. The standard InChI is InChI=1S/C17H32N2S/c1-2-16-12-19(10-11-20-16)14-17(8-4-3-5-9-17)13-18-15-6-7-15/h15-16,18H,2-14H2,1H3. The van der Waals surface area contributed by atoms with E-state index in [1.807, 2.05) is 0 Å². The van der Waals surface area contributed by atoms with Crippen LogP contribution >= 0.6 is 11.8 Å². The fourth-order valence-corrected chi connectivity index (χ4v) is 5.24. The number of nitrogens with zero attached hydrogens (tertiary/aromatic N) is 1. The van der Waals surface area contributed by atoms with Gasteiger partial charge in [-0.2, -0.15) is 11.8 Å². The van der Waals surface area contributed by atoms with Gasteiger partial charge in [-0.25, -0.2) is 0 Å². The first-order valence-electron chi connectivity index (χ1n) is 8.87. The molecule has 0 aromatic carbocycles. The first-order valence-corrected chi connectivity index (χ1v) is 9.92. The van der Waals surface area contributed by atoms with Gasteiger partial charge in [0, 0.05) is 43.2 Å². The van der Waals surface area contributed by atoms with Crippen molar-refractivity contribution in [3.05, 3.63) is 0 Å². The fraction of sp³-hybridized carbons (Fsp3) is 1.00. The maximum Gasteiger partial charge on any atom is 0.0172 e. The minimum absolute atomic E-state index is 0.598. The number of nitrogens with one attached hydrogen (secondary N) is 1. The molecule has 0 radical (unpaired) electrons. The molecular formula is C17H32N2S. The van der Waals surface area contributed by atoms with Crippen LogP contribution in [-0.2, 0) is 0 Å². The van der Waals surface area contributed by atoms with Gasteiger partial charge in [-0.15, -0.1) is 0 Å². The average Bonchev–Trinajstić information content (AvgIpc) is 3.31. The average molecular weight is 297 g/mol. The van der Waals surface area contributed by atoms with Crippen LogP contribution in [0.3, 0.4) is 0 Å². The summed E-state index contributed by atoms with van der Waals surface area (Å²) in [6, 6.07) is 0.870. The van der Waals surface area contributed by atoms with E-state index in [0.717, 1.165) is 11.3 Å². The zero-order valence-corrected chi connectivity index (χ0v) is 14.0. The molecule has 20 heavy (non-hydrogen) atoms. The Bertz CT molecular complexity index is 297. The second-order valence-corrected chi connectivity index (χ2v) is 8.76. The Morgan fingerprint density at radius 3 is 2.70 bits per heavy atom. The lowest BCUT2D eigenvalue weighted by molar-refractivity contribution is 0.103. The topological polar surface area (TPSA) is 15.3 Å². The van der Waals surface area contributed by atoms with E-state index in [0.29, 0.717) is 5.41 Å². The molecular weight excluding hydrogens is 264 g/mol. The van der Waals surface area contributed by atoms with Gasteiger partial charge in [-0.1, -0.05) is 26.2 Å². The highest BCUT2D eigenvalue weighted by atomic mass is 32.2. The first kappa shape index (κ1) is 15.2. The lowest BCUT2D eigenvalue weighted by Crippen LogP contribution is -2.49. The normalized spacial score (nSPS) is 31.4. The highest BCUT2D eigenvalue weighted by molar-refractivity contribution is 8.00. The van der Waals surface area contributed by atoms with Crippen LogP contribution in [0.2, 0.25) is 0 Å². The largest absolute Gasteiger partial charge is 0.313 e. The summed E-state index contributed by atoms with van der Waals surface area (Å²) in [6.07, 6.45) is 11.5. The molecule has 1 N–H and O–H groups in total. The molecule has 1 saturated heterocycles. The third kappa shape index (κ3) is 4.14. The molecule has 2 aliphatic carbocycles. The Morgan fingerprint density at radius 1 is 1.20 bits per heavy atom. The fourth-order valence-electron chi connectivity index (χ4n) is 3.99. The monoisotopic (exact) mass is 296 g/mol. The molecule has 1 heterocycles. The summed E-state index contributed by atoms with van der Waals surface area (Å²) >= 11 is 2.20. The summed E-state index contributed by atoms with van der Waals surface area (Å²) in [5.41, 5.74) is 0.598. The van der Waals surface area contributed by atoms with Crippen LogP contribution in [0.15, 0.2) is 0 Å². The molecule has 1 unspecified atom stereocenters. The smallest absolute Gasteiger partial charge is 0.0172 e. The Labute approximate surface area is 129 Å². The molecule has 0 aromatic rings. The number of hydrogen-bond acceptors (Lipinski definition) is 3. The van der Waals surface area contributed by atoms with Crippen molar-refractivity contribution in [2.75, 3.05) is 31.9 Å². The van der Waals surface area contributed by atoms with Gasteiger partial charge in [0.25, 0.3) is 0 Å². The van der Waals surface area contributed by atoms with E-state index in [9.17, 15) is 0 Å². The maximum absolute atomic E-state index is 3.85. The third-order valence-electron chi connectivity index (χ3n) is 5.49. The van der Waals surface area contributed by atoms with Gasteiger partial charge in [0.2, 0.25) is 0 Å². The summed E-state index contributed by atoms with van der Waals surface area (Å²) < 4.78 is 0. The molecule has 3 aliphatic rings. The van der Waals surface area contributed by atoms with Crippen LogP contribution in [0.1, 0.15) is 58.3 Å². The van der Waals surface area contributed by atoms with E-state index in [-0.39, 0.29) is 0 Å². The lowest BCUT2D eigenvalue weighted by Gasteiger charge is -2.43. The van der Waals surface area contributed by atoms with E-state index in [1.165, 1.54) is 83.3 Å². The second-order valence-electron chi connectivity index (χ2n) is 7.35. The van der Waals surface area contributed by atoms with E-state index in [2.05, 4.69) is 28.9 Å². The van der Waals surface area contributed by atoms with E-state index in [4.69, 9.17) is 0 Å². The number of thioether (sulfide) groups is 1. The summed E-state index contributed by atoms with van der Waals surface area (Å²) in [4.78, 5) is 2.80. The molecule has 0 aromatic heterocycles. The zero-order chi connectivity index (χ0) is 13.8. The van der Waals surface area contributed by atoms with Crippen molar-refractivity contribution in [1.82, 2.24) is 10.2 Å². The van der Waals surface area contributed by atoms with Gasteiger partial charge < -0.3 is 10.2 Å². The van der Waals surface area contributed by atoms with E-state index in [1.54, 1.807) is 0 Å². The molecule has 2 saturated carbocycles. The number of rotatable bonds is 6. The highest BCUT2D eigenvalue weighted by Gasteiger charge is 2.36. The van der Waals surface area contributed by atoms with E-state index < -0.39 is 0 Å². The van der Waals surface area contributed by atoms with Crippen molar-refractivity contribution in [3.8, 4) is 0 Å². The van der Waals surface area contributed by atoms with Gasteiger partial charge >= 0.3 is 0 Å². The lowest BCUT2D eigenvalue weighted by atomic mass is 9.73. The minimum Gasteiger partial charge on any atom is -0.313 e. The molecule has 3 heteroatoms. The summed E-state index contributed by atoms with van der Waals surface area (Å²) in [6.45, 7) is 7.67. The molecule has 0 amide bonds. The Balaban J connectivity index is 1.56. The van der Waals surface area contributed by atoms with Gasteiger partial charge in [0.15, 0.2) is 0 Å². The van der Waals surface area contributed by atoms with Crippen LogP contribution in [-0.4, -0.2) is 48.1 Å². The van der Waals surface area contributed by atoms with Crippen molar-refractivity contribution in [3.63, 3.8) is 0 Å². The van der Waals surface area contributed by atoms with Gasteiger partial charge in [0.05, 0.1) is 0 Å². The Hall–Kier alpha value is 0.270. The maximum atomic E-state index is 3.85. The minimum atomic E-state index is 0.598. The van der Waals surface area contributed by atoms with Crippen molar-refractivity contribution < 1.29 is 0 Å². The van der Waals surface area contributed by atoms with Crippen LogP contribution in [0.4, 0.5) is 0 Å². The molecule has 1 atom stereocenters. The summed E-state index contributed by atoms with van der Waals surface area (Å²) in [7, 11) is 0. The molecule has 0 bridgehead atoms. The third-order valence-corrected chi connectivity index (χ3v) is 6.87. The number of hydrogen-bond donors (Lipinski definition) is 1. The van der Waals surface area contributed by atoms with Crippen LogP contribution < -0.4 is 5.32 Å². The first-order chi connectivity index (χ1) is 9.80. The van der Waals surface area contributed by atoms with Gasteiger partial charge in [0.1, 0.15) is 0 Å². The van der Waals surface area contributed by atoms with E-state index >= 15 is 0 Å². The molecule has 2 nitrogen and oxygen atoms in total. The van der Waals surface area contributed by atoms with Crippen LogP contribution in [0.25, 0.3) is 0 Å². The predicted molar refractivity (Wildman–Crippen MR) is 89.5 cm³/mol. The van der Waals surface area contributed by atoms with Crippen LogP contribution in [0, 0.1) is 5.41 Å². The van der Waals surface area contributed by atoms with Gasteiger partial charge in [-0.3, -0.25) is 0 Å². The molecule has 116 valence electrons. The van der Waals surface area contributed by atoms with Crippen molar-refractivity contribution in [1.29, 1.82) is 0 Å². The zero-order valence-electron chi connectivity index (χ0n) is 13.2. The predicted octanol–water partition coefficient (Wildman–Crippen LogP) is 3.52. The van der Waals surface area contributed by atoms with Crippen LogP contribution in [0.5, 0.6) is 0 Å². The molecule has 1 aliphatic heterocycles. The van der Waals surface area contributed by atoms with Crippen molar-refractivity contribution in [2.45, 2.75) is 69.6 Å². The molecule has 3 fully saturated rings.